The van der Waals surface area contributed by atoms with Gasteiger partial charge in [0.05, 0.1) is 0 Å². The average Bonchev–Trinajstić information content (AvgIpc) is 2.69. The lowest BCUT2D eigenvalue weighted by atomic mass is 10.0. The van der Waals surface area contributed by atoms with Crippen molar-refractivity contribution >= 4 is 5.91 Å². The van der Waals surface area contributed by atoms with Gasteiger partial charge in [0.25, 0.3) is 11.8 Å². The van der Waals surface area contributed by atoms with Crippen molar-refractivity contribution in [3.05, 3.63) is 46.9 Å². The highest BCUT2D eigenvalue weighted by molar-refractivity contribution is 5.93. The normalized spacial score (nSPS) is 13.9. The first-order valence-corrected chi connectivity index (χ1v) is 9.62. The number of carbonyl (C=O) groups is 1. The number of hydrogen-bond donors (Lipinski definition) is 1. The number of ether oxygens (including phenoxy) is 2. The van der Waals surface area contributed by atoms with E-state index < -0.39 is 0 Å². The molecule has 3 heterocycles. The zero-order valence-electron chi connectivity index (χ0n) is 16.2. The number of rotatable bonds is 7. The molecule has 1 aliphatic rings. The smallest absolute Gasteiger partial charge is 0.270 e. The fraction of sp³-hybridized carbons (Fsp3) is 0.476. The van der Waals surface area contributed by atoms with E-state index in [1.807, 2.05) is 25.3 Å². The van der Waals surface area contributed by atoms with E-state index in [4.69, 9.17) is 9.47 Å². The molecule has 1 amide bonds. The molecular formula is C21H27N3O3. The molecule has 0 aromatic carbocycles. The van der Waals surface area contributed by atoms with Crippen LogP contribution in [0.25, 0.3) is 0 Å². The lowest BCUT2D eigenvalue weighted by molar-refractivity contribution is 0.0925. The summed E-state index contributed by atoms with van der Waals surface area (Å²) in [5, 5.41) is 3.08. The third-order valence-corrected chi connectivity index (χ3v) is 4.65. The summed E-state index contributed by atoms with van der Waals surface area (Å²) >= 11 is 0. The van der Waals surface area contributed by atoms with Crippen LogP contribution in [-0.2, 0) is 6.42 Å². The molecule has 1 atom stereocenters. The summed E-state index contributed by atoms with van der Waals surface area (Å²) < 4.78 is 11.4. The van der Waals surface area contributed by atoms with E-state index in [-0.39, 0.29) is 11.9 Å². The van der Waals surface area contributed by atoms with Gasteiger partial charge in [-0.3, -0.25) is 9.78 Å². The van der Waals surface area contributed by atoms with Crippen LogP contribution in [0.5, 0.6) is 11.6 Å². The van der Waals surface area contributed by atoms with E-state index >= 15 is 0 Å². The van der Waals surface area contributed by atoms with Crippen molar-refractivity contribution in [3.8, 4) is 11.6 Å². The minimum Gasteiger partial charge on any atom is -0.484 e. The van der Waals surface area contributed by atoms with Gasteiger partial charge in [0.15, 0.2) is 5.75 Å². The number of aromatic nitrogens is 2. The van der Waals surface area contributed by atoms with Crippen molar-refractivity contribution in [3.63, 3.8) is 0 Å². The molecule has 0 aliphatic carbocycles. The van der Waals surface area contributed by atoms with Crippen LogP contribution in [0.2, 0.25) is 0 Å². The zero-order chi connectivity index (χ0) is 19.2. The standard InChI is InChI=1S/C21H27N3O3/c1-4-6-17(5-2)23-20(25)18-12-16(11-15-8-7-14(3)22-13-15)19-21(24-18)27-10-9-26-19/h7-8,12-13,17H,4-6,9-11H2,1-3H3,(H,23,25). The highest BCUT2D eigenvalue weighted by Gasteiger charge is 2.23. The van der Waals surface area contributed by atoms with Gasteiger partial charge in [-0.05, 0) is 37.5 Å². The summed E-state index contributed by atoms with van der Waals surface area (Å²) in [5.74, 6) is 0.849. The van der Waals surface area contributed by atoms with Gasteiger partial charge in [0.1, 0.15) is 18.9 Å². The van der Waals surface area contributed by atoms with Crippen LogP contribution < -0.4 is 14.8 Å². The third-order valence-electron chi connectivity index (χ3n) is 4.65. The summed E-state index contributed by atoms with van der Waals surface area (Å²) in [4.78, 5) is 21.5. The molecule has 1 aliphatic heterocycles. The molecule has 0 fully saturated rings. The van der Waals surface area contributed by atoms with Crippen molar-refractivity contribution in [2.75, 3.05) is 13.2 Å². The monoisotopic (exact) mass is 369 g/mol. The van der Waals surface area contributed by atoms with Crippen LogP contribution in [0.4, 0.5) is 0 Å². The van der Waals surface area contributed by atoms with Gasteiger partial charge in [-0.1, -0.05) is 26.3 Å². The maximum atomic E-state index is 12.7. The van der Waals surface area contributed by atoms with Crippen LogP contribution in [0, 0.1) is 6.92 Å². The Kier molecular flexibility index (Phi) is 6.27. The molecule has 1 N–H and O–H groups in total. The molecule has 3 rings (SSSR count). The fourth-order valence-corrected chi connectivity index (χ4v) is 3.15. The first kappa shape index (κ1) is 19.1. The van der Waals surface area contributed by atoms with Gasteiger partial charge < -0.3 is 14.8 Å². The van der Waals surface area contributed by atoms with Crippen molar-refractivity contribution in [2.24, 2.45) is 0 Å². The fourth-order valence-electron chi connectivity index (χ4n) is 3.15. The summed E-state index contributed by atoms with van der Waals surface area (Å²) in [6.45, 7) is 7.06. The Hall–Kier alpha value is -2.63. The van der Waals surface area contributed by atoms with E-state index in [0.29, 0.717) is 37.0 Å². The SMILES string of the molecule is CCCC(CC)NC(=O)c1cc(Cc2ccc(C)nc2)c2c(n1)OCCO2. The Balaban J connectivity index is 1.89. The predicted molar refractivity (Wildman–Crippen MR) is 103 cm³/mol. The average molecular weight is 369 g/mol. The lowest BCUT2D eigenvalue weighted by Gasteiger charge is -2.22. The highest BCUT2D eigenvalue weighted by Crippen LogP contribution is 2.34. The predicted octanol–water partition coefficient (Wildman–Crippen LogP) is 3.46. The topological polar surface area (TPSA) is 73.3 Å². The van der Waals surface area contributed by atoms with Crippen LogP contribution in [0.1, 0.15) is 60.4 Å². The number of aryl methyl sites for hydroxylation is 1. The number of hydrogen-bond acceptors (Lipinski definition) is 5. The third kappa shape index (κ3) is 4.76. The van der Waals surface area contributed by atoms with Gasteiger partial charge in [-0.15, -0.1) is 0 Å². The largest absolute Gasteiger partial charge is 0.484 e. The minimum atomic E-state index is -0.171. The molecule has 144 valence electrons. The van der Waals surface area contributed by atoms with Crippen LogP contribution >= 0.6 is 0 Å². The molecule has 2 aromatic heterocycles. The lowest BCUT2D eigenvalue weighted by Crippen LogP contribution is -2.35. The minimum absolute atomic E-state index is 0.155. The van der Waals surface area contributed by atoms with Crippen molar-refractivity contribution < 1.29 is 14.3 Å². The quantitative estimate of drug-likeness (QED) is 0.809. The van der Waals surface area contributed by atoms with Crippen LogP contribution in [-0.4, -0.2) is 35.1 Å². The Bertz CT molecular complexity index is 790. The maximum Gasteiger partial charge on any atom is 0.270 e. The molecule has 27 heavy (non-hydrogen) atoms. The second kappa shape index (κ2) is 8.84. The second-order valence-electron chi connectivity index (χ2n) is 6.85. The second-order valence-corrected chi connectivity index (χ2v) is 6.85. The number of nitrogens with zero attached hydrogens (tertiary/aromatic N) is 2. The van der Waals surface area contributed by atoms with Crippen molar-refractivity contribution in [1.82, 2.24) is 15.3 Å². The molecule has 0 saturated heterocycles. The number of fused-ring (bicyclic) bond motifs is 1. The van der Waals surface area contributed by atoms with Gasteiger partial charge in [-0.2, -0.15) is 0 Å². The first-order valence-electron chi connectivity index (χ1n) is 9.62. The van der Waals surface area contributed by atoms with Crippen LogP contribution in [0.3, 0.4) is 0 Å². The molecule has 6 heteroatoms. The number of pyridine rings is 2. The zero-order valence-corrected chi connectivity index (χ0v) is 16.2. The Morgan fingerprint density at radius 1 is 1.26 bits per heavy atom. The molecule has 0 radical (unpaired) electrons. The van der Waals surface area contributed by atoms with E-state index in [1.165, 1.54) is 0 Å². The van der Waals surface area contributed by atoms with E-state index in [2.05, 4.69) is 29.1 Å². The van der Waals surface area contributed by atoms with Gasteiger partial charge in [0, 0.05) is 29.9 Å². The Morgan fingerprint density at radius 2 is 2.07 bits per heavy atom. The van der Waals surface area contributed by atoms with Gasteiger partial charge in [0.2, 0.25) is 0 Å². The summed E-state index contributed by atoms with van der Waals surface area (Å²) in [5.41, 5.74) is 3.27. The number of nitrogens with one attached hydrogen (secondary N) is 1. The first-order chi connectivity index (χ1) is 13.1. The maximum absolute atomic E-state index is 12.7. The molecule has 6 nitrogen and oxygen atoms in total. The van der Waals surface area contributed by atoms with Gasteiger partial charge >= 0.3 is 0 Å². The van der Waals surface area contributed by atoms with Gasteiger partial charge in [-0.25, -0.2) is 4.98 Å². The van der Waals surface area contributed by atoms with Crippen molar-refractivity contribution in [2.45, 2.75) is 52.5 Å². The molecular weight excluding hydrogens is 342 g/mol. The summed E-state index contributed by atoms with van der Waals surface area (Å²) in [7, 11) is 0. The Morgan fingerprint density at radius 3 is 2.78 bits per heavy atom. The number of carbonyl (C=O) groups excluding carboxylic acids is 1. The molecule has 1 unspecified atom stereocenters. The van der Waals surface area contributed by atoms with E-state index in [0.717, 1.165) is 36.1 Å². The van der Waals surface area contributed by atoms with E-state index in [9.17, 15) is 4.79 Å². The Labute approximate surface area is 160 Å². The highest BCUT2D eigenvalue weighted by atomic mass is 16.6. The molecule has 0 spiro atoms. The molecule has 0 bridgehead atoms. The summed E-state index contributed by atoms with van der Waals surface area (Å²) in [6.07, 6.45) is 5.33. The number of amides is 1. The summed E-state index contributed by atoms with van der Waals surface area (Å²) in [6, 6.07) is 5.97. The van der Waals surface area contributed by atoms with Crippen molar-refractivity contribution in [1.29, 1.82) is 0 Å². The van der Waals surface area contributed by atoms with Crippen LogP contribution in [0.15, 0.2) is 24.4 Å². The molecule has 0 saturated carbocycles. The molecule has 2 aromatic rings. The van der Waals surface area contributed by atoms with E-state index in [1.54, 1.807) is 6.07 Å².